The maximum Gasteiger partial charge on any atom is 0.128 e. The minimum Gasteiger partial charge on any atom is -0.497 e. The molecule has 210 valence electrons. The first-order valence-corrected chi connectivity index (χ1v) is 14.7. The zero-order valence-corrected chi connectivity index (χ0v) is 26.2. The molecule has 42 heavy (non-hydrogen) atoms. The number of para-hydroxylation sites is 1. The predicted octanol–water partition coefficient (Wildman–Crippen LogP) is 8.96. The normalized spacial score (nSPS) is 11.6. The lowest BCUT2D eigenvalue weighted by Crippen LogP contribution is -2.16. The molecule has 0 bridgehead atoms. The summed E-state index contributed by atoms with van der Waals surface area (Å²) in [5.41, 5.74) is 13.1. The third kappa shape index (κ3) is 7.08. The highest BCUT2D eigenvalue weighted by Gasteiger charge is 2.20. The van der Waals surface area contributed by atoms with Crippen LogP contribution in [0.25, 0.3) is 0 Å². The third-order valence-corrected chi connectivity index (χ3v) is 7.50. The van der Waals surface area contributed by atoms with Crippen molar-refractivity contribution in [2.24, 2.45) is 10.2 Å². The number of methoxy groups -OCH3 is 2. The standard InChI is InChI=1S/C34H28Br2N4O2/c1-41-28-21-11-23(12-22-28)33(39-37-26-17-13-24(35)14-18-26)29-7-3-4-8-30(29)34(31-9-5-6-10-32(31)42-2)40-38-27-19-15-25(36)16-20-27/h3-22,37-38H,1-2H3/b39-33+,40-34-. The Morgan fingerprint density at radius 1 is 0.524 bits per heavy atom. The second-order valence-corrected chi connectivity index (χ2v) is 11.0. The average Bonchev–Trinajstić information content (AvgIpc) is 3.04. The molecule has 0 fully saturated rings. The number of hydrogen-bond acceptors (Lipinski definition) is 6. The molecule has 6 nitrogen and oxygen atoms in total. The van der Waals surface area contributed by atoms with Crippen molar-refractivity contribution in [1.29, 1.82) is 0 Å². The highest BCUT2D eigenvalue weighted by molar-refractivity contribution is 9.10. The van der Waals surface area contributed by atoms with Crippen LogP contribution < -0.4 is 20.3 Å². The largest absolute Gasteiger partial charge is 0.497 e. The van der Waals surface area contributed by atoms with Crippen molar-refractivity contribution in [2.45, 2.75) is 0 Å². The summed E-state index contributed by atoms with van der Waals surface area (Å²) in [4.78, 5) is 0. The summed E-state index contributed by atoms with van der Waals surface area (Å²) in [6.07, 6.45) is 0. The minimum atomic E-state index is 0.704. The molecule has 0 radical (unpaired) electrons. The molecule has 2 N–H and O–H groups in total. The topological polar surface area (TPSA) is 67.2 Å². The third-order valence-electron chi connectivity index (χ3n) is 6.44. The Labute approximate surface area is 262 Å². The first-order chi connectivity index (χ1) is 20.6. The lowest BCUT2D eigenvalue weighted by atomic mass is 9.92. The monoisotopic (exact) mass is 682 g/mol. The van der Waals surface area contributed by atoms with Crippen LogP contribution in [0.5, 0.6) is 11.5 Å². The molecular weight excluding hydrogens is 656 g/mol. The van der Waals surface area contributed by atoms with Crippen LogP contribution in [0.1, 0.15) is 22.3 Å². The smallest absolute Gasteiger partial charge is 0.128 e. The molecule has 0 atom stereocenters. The van der Waals surface area contributed by atoms with Gasteiger partial charge >= 0.3 is 0 Å². The molecule has 5 aromatic rings. The van der Waals surface area contributed by atoms with Crippen LogP contribution in [0.4, 0.5) is 11.4 Å². The van der Waals surface area contributed by atoms with Crippen LogP contribution in [0, 0.1) is 0 Å². The second-order valence-electron chi connectivity index (χ2n) is 9.13. The van der Waals surface area contributed by atoms with Crippen molar-refractivity contribution in [3.05, 3.63) is 153 Å². The number of rotatable bonds is 10. The summed E-state index contributed by atoms with van der Waals surface area (Å²) in [6, 6.07) is 39.5. The Bertz CT molecular complexity index is 1700. The van der Waals surface area contributed by atoms with Gasteiger partial charge in [-0.05, 0) is 84.9 Å². The quantitative estimate of drug-likeness (QED) is 0.114. The number of ether oxygens (including phenoxy) is 2. The van der Waals surface area contributed by atoms with Crippen LogP contribution in [0.3, 0.4) is 0 Å². The molecule has 0 spiro atoms. The fourth-order valence-corrected chi connectivity index (χ4v) is 4.85. The molecule has 8 heteroatoms. The first-order valence-electron chi connectivity index (χ1n) is 13.1. The summed E-state index contributed by atoms with van der Waals surface area (Å²) in [5, 5.41) is 9.86. The molecule has 0 heterocycles. The van der Waals surface area contributed by atoms with E-state index in [-0.39, 0.29) is 0 Å². The maximum absolute atomic E-state index is 5.77. The van der Waals surface area contributed by atoms with Gasteiger partial charge in [0.05, 0.1) is 31.3 Å². The number of halogens is 2. The van der Waals surface area contributed by atoms with Gasteiger partial charge < -0.3 is 9.47 Å². The lowest BCUT2D eigenvalue weighted by molar-refractivity contribution is 0.414. The second kappa shape index (κ2) is 14.0. The Balaban J connectivity index is 1.67. The number of benzene rings is 5. The van der Waals surface area contributed by atoms with Crippen LogP contribution in [-0.4, -0.2) is 25.6 Å². The molecule has 0 saturated carbocycles. The van der Waals surface area contributed by atoms with Gasteiger partial charge in [0.25, 0.3) is 0 Å². The Morgan fingerprint density at radius 3 is 1.52 bits per heavy atom. The minimum absolute atomic E-state index is 0.704. The van der Waals surface area contributed by atoms with Gasteiger partial charge in [0.2, 0.25) is 0 Å². The molecule has 0 aliphatic carbocycles. The van der Waals surface area contributed by atoms with E-state index in [0.717, 1.165) is 54.0 Å². The van der Waals surface area contributed by atoms with Crippen LogP contribution >= 0.6 is 31.9 Å². The number of anilines is 2. The van der Waals surface area contributed by atoms with E-state index in [4.69, 9.17) is 19.7 Å². The molecule has 0 aliphatic rings. The number of hydrazone groups is 2. The SMILES string of the molecule is COc1ccc(/C(=N\Nc2ccc(Br)cc2)c2ccccc2/C(=N/Nc2ccc(Br)cc2)c2ccccc2OC)cc1. The van der Waals surface area contributed by atoms with E-state index in [0.29, 0.717) is 11.5 Å². The molecule has 0 saturated heterocycles. The first kappa shape index (κ1) is 29.1. The van der Waals surface area contributed by atoms with Gasteiger partial charge in [-0.2, -0.15) is 10.2 Å². The van der Waals surface area contributed by atoms with Crippen molar-refractivity contribution >= 4 is 54.7 Å². The van der Waals surface area contributed by atoms with E-state index in [1.165, 1.54) is 0 Å². The zero-order valence-electron chi connectivity index (χ0n) is 23.0. The van der Waals surface area contributed by atoms with Gasteiger partial charge in [-0.15, -0.1) is 0 Å². The van der Waals surface area contributed by atoms with E-state index in [9.17, 15) is 0 Å². The van der Waals surface area contributed by atoms with Crippen molar-refractivity contribution in [2.75, 3.05) is 25.1 Å². The summed E-state index contributed by atoms with van der Waals surface area (Å²) >= 11 is 7.00. The summed E-state index contributed by atoms with van der Waals surface area (Å²) in [5.74, 6) is 1.47. The van der Waals surface area contributed by atoms with Gasteiger partial charge in [0.15, 0.2) is 0 Å². The Morgan fingerprint density at radius 2 is 1.00 bits per heavy atom. The fraction of sp³-hybridized carbons (Fsp3) is 0.0588. The van der Waals surface area contributed by atoms with Crippen molar-refractivity contribution in [3.8, 4) is 11.5 Å². The Hall–Kier alpha value is -4.40. The van der Waals surface area contributed by atoms with Gasteiger partial charge in [-0.1, -0.05) is 68.3 Å². The number of nitrogens with one attached hydrogen (secondary N) is 2. The van der Waals surface area contributed by atoms with E-state index >= 15 is 0 Å². The molecule has 0 unspecified atom stereocenters. The average molecular weight is 684 g/mol. The number of nitrogens with zero attached hydrogens (tertiary/aromatic N) is 2. The summed E-state index contributed by atoms with van der Waals surface area (Å²) < 4.78 is 13.2. The van der Waals surface area contributed by atoms with Crippen LogP contribution in [0.2, 0.25) is 0 Å². The predicted molar refractivity (Wildman–Crippen MR) is 179 cm³/mol. The molecular formula is C34H28Br2N4O2. The van der Waals surface area contributed by atoms with E-state index in [1.807, 2.05) is 121 Å². The molecule has 0 aromatic heterocycles. The number of hydrogen-bond donors (Lipinski definition) is 2. The fourth-order valence-electron chi connectivity index (χ4n) is 4.32. The van der Waals surface area contributed by atoms with Crippen molar-refractivity contribution in [3.63, 3.8) is 0 Å². The molecule has 5 aromatic carbocycles. The molecule has 0 aliphatic heterocycles. The van der Waals surface area contributed by atoms with Crippen molar-refractivity contribution in [1.82, 2.24) is 0 Å². The molecule has 0 amide bonds. The Kier molecular flexibility index (Phi) is 9.69. The highest BCUT2D eigenvalue weighted by atomic mass is 79.9. The molecule has 5 rings (SSSR count). The van der Waals surface area contributed by atoms with E-state index < -0.39 is 0 Å². The lowest BCUT2D eigenvalue weighted by Gasteiger charge is -2.17. The van der Waals surface area contributed by atoms with E-state index in [1.54, 1.807) is 14.2 Å². The maximum atomic E-state index is 5.77. The van der Waals surface area contributed by atoms with Crippen LogP contribution in [0.15, 0.2) is 140 Å². The summed E-state index contributed by atoms with van der Waals surface area (Å²) in [6.45, 7) is 0. The van der Waals surface area contributed by atoms with E-state index in [2.05, 4.69) is 42.7 Å². The zero-order chi connectivity index (χ0) is 29.3. The van der Waals surface area contributed by atoms with Crippen LogP contribution in [-0.2, 0) is 0 Å². The summed E-state index contributed by atoms with van der Waals surface area (Å²) in [7, 11) is 3.32. The van der Waals surface area contributed by atoms with Gasteiger partial charge in [-0.3, -0.25) is 10.9 Å². The van der Waals surface area contributed by atoms with Gasteiger partial charge in [-0.25, -0.2) is 0 Å². The van der Waals surface area contributed by atoms with Gasteiger partial charge in [0, 0.05) is 31.2 Å². The van der Waals surface area contributed by atoms with Gasteiger partial charge in [0.1, 0.15) is 17.2 Å². The highest BCUT2D eigenvalue weighted by Crippen LogP contribution is 2.27. The van der Waals surface area contributed by atoms with Crippen molar-refractivity contribution < 1.29 is 9.47 Å².